The number of benzene rings is 2. The van der Waals surface area contributed by atoms with Crippen LogP contribution in [-0.2, 0) is 21.1 Å². The van der Waals surface area contributed by atoms with Gasteiger partial charge in [-0.3, -0.25) is 4.79 Å². The third-order valence-corrected chi connectivity index (χ3v) is 8.55. The van der Waals surface area contributed by atoms with Crippen molar-refractivity contribution in [2.24, 2.45) is 0 Å². The molecule has 32 heavy (non-hydrogen) atoms. The van der Waals surface area contributed by atoms with Crippen molar-refractivity contribution in [3.05, 3.63) is 48.0 Å². The second-order valence-electron chi connectivity index (χ2n) is 8.23. The Morgan fingerprint density at radius 1 is 1.09 bits per heavy atom. The van der Waals surface area contributed by atoms with Gasteiger partial charge in [-0.15, -0.1) is 11.8 Å². The molecule has 1 fully saturated rings. The first-order chi connectivity index (χ1) is 15.2. The van der Waals surface area contributed by atoms with E-state index in [1.165, 1.54) is 22.5 Å². The lowest BCUT2D eigenvalue weighted by molar-refractivity contribution is -0.130. The highest BCUT2D eigenvalue weighted by atomic mass is 32.2. The van der Waals surface area contributed by atoms with Crippen molar-refractivity contribution in [1.82, 2.24) is 9.88 Å². The maximum atomic E-state index is 12.8. The minimum absolute atomic E-state index is 0.137. The Morgan fingerprint density at radius 2 is 1.78 bits per heavy atom. The summed E-state index contributed by atoms with van der Waals surface area (Å²) in [7, 11) is -3.33. The van der Waals surface area contributed by atoms with Crippen molar-refractivity contribution in [1.29, 1.82) is 0 Å². The Morgan fingerprint density at radius 3 is 2.41 bits per heavy atom. The van der Waals surface area contributed by atoms with E-state index < -0.39 is 9.84 Å². The van der Waals surface area contributed by atoms with E-state index in [2.05, 4.69) is 35.9 Å². The molecule has 0 N–H and O–H groups in total. The summed E-state index contributed by atoms with van der Waals surface area (Å²) in [5.74, 6) is 0.137. The molecule has 0 radical (unpaired) electrons. The molecular weight excluding hydrogens is 462 g/mol. The Kier molecular flexibility index (Phi) is 6.78. The lowest BCUT2D eigenvalue weighted by atomic mass is 10.1. The first kappa shape index (κ1) is 23.1. The summed E-state index contributed by atoms with van der Waals surface area (Å²) in [4.78, 5) is 23.0. The number of piperazine rings is 1. The number of hydrogen-bond donors (Lipinski definition) is 0. The number of carbonyl (C=O) groups excluding carboxylic acids is 1. The number of aromatic nitrogens is 1. The Labute approximate surface area is 197 Å². The van der Waals surface area contributed by atoms with Crippen LogP contribution in [-0.4, -0.2) is 61.9 Å². The highest BCUT2D eigenvalue weighted by Crippen LogP contribution is 2.33. The number of sulfone groups is 1. The van der Waals surface area contributed by atoms with Crippen molar-refractivity contribution in [3.8, 4) is 0 Å². The molecule has 9 heteroatoms. The summed E-state index contributed by atoms with van der Waals surface area (Å²) in [6.45, 7) is 6.97. The van der Waals surface area contributed by atoms with E-state index in [4.69, 9.17) is 0 Å². The number of nitrogens with zero attached hydrogens (tertiary/aromatic N) is 3. The van der Waals surface area contributed by atoms with Crippen LogP contribution >= 0.6 is 23.1 Å². The number of thiazole rings is 1. The lowest BCUT2D eigenvalue weighted by Gasteiger charge is -2.34. The van der Waals surface area contributed by atoms with Crippen LogP contribution in [0.4, 0.5) is 5.13 Å². The highest BCUT2D eigenvalue weighted by Gasteiger charge is 2.24. The normalized spacial score (nSPS) is 15.0. The first-order valence-electron chi connectivity index (χ1n) is 10.6. The molecule has 3 aromatic rings. The Bertz CT molecular complexity index is 1210. The van der Waals surface area contributed by atoms with Crippen molar-refractivity contribution in [3.63, 3.8) is 0 Å². The van der Waals surface area contributed by atoms with Gasteiger partial charge in [0.05, 0.1) is 16.0 Å². The van der Waals surface area contributed by atoms with Crippen LogP contribution in [0, 0.1) is 0 Å². The van der Waals surface area contributed by atoms with E-state index in [0.717, 1.165) is 15.4 Å². The summed E-state index contributed by atoms with van der Waals surface area (Å²) in [6, 6.07) is 13.5. The van der Waals surface area contributed by atoms with Gasteiger partial charge in [0.15, 0.2) is 15.0 Å². The van der Waals surface area contributed by atoms with E-state index in [-0.39, 0.29) is 10.8 Å². The molecule has 1 amide bonds. The third-order valence-electron chi connectivity index (χ3n) is 5.32. The fourth-order valence-electron chi connectivity index (χ4n) is 3.74. The average molecular weight is 490 g/mol. The molecule has 2 heterocycles. The van der Waals surface area contributed by atoms with E-state index >= 15 is 0 Å². The quantitative estimate of drug-likeness (QED) is 0.486. The summed E-state index contributed by atoms with van der Waals surface area (Å²) >= 11 is 3.31. The zero-order valence-electron chi connectivity index (χ0n) is 18.4. The maximum absolute atomic E-state index is 12.8. The van der Waals surface area contributed by atoms with Crippen LogP contribution in [0.25, 0.3) is 10.2 Å². The molecule has 0 atom stereocenters. The fraction of sp³-hybridized carbons (Fsp3) is 0.391. The molecule has 1 aromatic heterocycles. The van der Waals surface area contributed by atoms with Gasteiger partial charge < -0.3 is 9.80 Å². The van der Waals surface area contributed by atoms with Crippen LogP contribution in [0.5, 0.6) is 0 Å². The zero-order chi connectivity index (χ0) is 22.9. The molecule has 0 spiro atoms. The van der Waals surface area contributed by atoms with Crippen LogP contribution in [0.1, 0.15) is 19.4 Å². The van der Waals surface area contributed by atoms with Crippen LogP contribution in [0.2, 0.25) is 0 Å². The van der Waals surface area contributed by atoms with Gasteiger partial charge in [-0.25, -0.2) is 13.4 Å². The van der Waals surface area contributed by atoms with Crippen LogP contribution < -0.4 is 4.90 Å². The fourth-order valence-corrected chi connectivity index (χ4v) is 6.52. The van der Waals surface area contributed by atoms with E-state index in [1.54, 1.807) is 12.1 Å². The summed E-state index contributed by atoms with van der Waals surface area (Å²) in [6.07, 6.45) is 1.62. The van der Waals surface area contributed by atoms with Crippen LogP contribution in [0.3, 0.4) is 0 Å². The second-order valence-corrected chi connectivity index (χ2v) is 12.9. The average Bonchev–Trinajstić information content (AvgIpc) is 3.18. The molecule has 0 saturated carbocycles. The first-order valence-corrected chi connectivity index (χ1v) is 14.2. The SMILES string of the molecule is CC(C)Sc1ccc(CC(=O)N2CCN(c3nc4c(S(C)(=O)=O)cccc4s3)CC2)cc1. The predicted molar refractivity (Wildman–Crippen MR) is 133 cm³/mol. The number of hydrogen-bond acceptors (Lipinski definition) is 7. The molecule has 2 aromatic carbocycles. The van der Waals surface area contributed by atoms with Gasteiger partial charge in [0.25, 0.3) is 0 Å². The lowest BCUT2D eigenvalue weighted by Crippen LogP contribution is -2.49. The number of anilines is 1. The van der Waals surface area contributed by atoms with Crippen molar-refractivity contribution >= 4 is 54.2 Å². The molecule has 0 bridgehead atoms. The van der Waals surface area contributed by atoms with Crippen LogP contribution in [0.15, 0.2) is 52.3 Å². The highest BCUT2D eigenvalue weighted by molar-refractivity contribution is 7.99. The molecule has 1 aliphatic rings. The topological polar surface area (TPSA) is 70.6 Å². The van der Waals surface area contributed by atoms with Gasteiger partial charge in [0.2, 0.25) is 5.91 Å². The maximum Gasteiger partial charge on any atom is 0.227 e. The smallest absolute Gasteiger partial charge is 0.227 e. The molecule has 0 aliphatic carbocycles. The molecule has 6 nitrogen and oxygen atoms in total. The predicted octanol–water partition coefficient (Wildman–Crippen LogP) is 4.09. The number of amides is 1. The second kappa shape index (κ2) is 9.41. The number of fused-ring (bicyclic) bond motifs is 1. The van der Waals surface area contributed by atoms with Gasteiger partial charge in [0, 0.05) is 42.6 Å². The Balaban J connectivity index is 1.38. The van der Waals surface area contributed by atoms with Gasteiger partial charge in [-0.05, 0) is 29.8 Å². The minimum Gasteiger partial charge on any atom is -0.345 e. The summed E-state index contributed by atoms with van der Waals surface area (Å²) in [5.41, 5.74) is 1.57. The van der Waals surface area contributed by atoms with Gasteiger partial charge in [-0.1, -0.05) is 43.4 Å². The molecule has 0 unspecified atom stereocenters. The minimum atomic E-state index is -3.33. The van der Waals surface area contributed by atoms with E-state index in [1.807, 2.05) is 34.9 Å². The van der Waals surface area contributed by atoms with Crippen molar-refractivity contribution < 1.29 is 13.2 Å². The number of para-hydroxylation sites is 1. The Hall–Kier alpha value is -2.10. The summed E-state index contributed by atoms with van der Waals surface area (Å²) < 4.78 is 25.0. The van der Waals surface area contributed by atoms with Gasteiger partial charge in [0.1, 0.15) is 5.52 Å². The molecule has 1 saturated heterocycles. The number of carbonyl (C=O) groups is 1. The largest absolute Gasteiger partial charge is 0.345 e. The monoisotopic (exact) mass is 489 g/mol. The van der Waals surface area contributed by atoms with Crippen molar-refractivity contribution in [2.45, 2.75) is 35.3 Å². The van der Waals surface area contributed by atoms with Gasteiger partial charge in [-0.2, -0.15) is 0 Å². The molecule has 1 aliphatic heterocycles. The van der Waals surface area contributed by atoms with Crippen molar-refractivity contribution in [2.75, 3.05) is 37.3 Å². The summed E-state index contributed by atoms with van der Waals surface area (Å²) in [5, 5.41) is 1.34. The van der Waals surface area contributed by atoms with E-state index in [0.29, 0.717) is 43.4 Å². The number of rotatable bonds is 6. The molecular formula is C23H27N3O3S3. The number of thioether (sulfide) groups is 1. The van der Waals surface area contributed by atoms with Gasteiger partial charge >= 0.3 is 0 Å². The van der Waals surface area contributed by atoms with E-state index in [9.17, 15) is 13.2 Å². The standard InChI is InChI=1S/C23H27N3O3S3/c1-16(2)30-18-9-7-17(8-10-18)15-21(27)25-11-13-26(14-12-25)23-24-22-19(31-23)5-4-6-20(22)32(3,28)29/h4-10,16H,11-15H2,1-3H3. The molecule has 170 valence electrons. The molecule has 4 rings (SSSR count). The third kappa shape index (κ3) is 5.27. The zero-order valence-corrected chi connectivity index (χ0v) is 20.9.